The summed E-state index contributed by atoms with van der Waals surface area (Å²) in [6, 6.07) is 6.86. The molecular formula is C17H23ClN2O3. The van der Waals surface area contributed by atoms with Crippen molar-refractivity contribution >= 4 is 23.6 Å². The van der Waals surface area contributed by atoms with E-state index in [2.05, 4.69) is 5.32 Å². The second kappa shape index (κ2) is 7.21. The van der Waals surface area contributed by atoms with Crippen LogP contribution in [0.3, 0.4) is 0 Å². The standard InChI is InChI=1S/C17H23ClN2O3/c1-17(2,3)23-16(22)20-9-5-8-14(20)15(21)19-11-12-6-4-7-13(18)10-12/h4,6-7,10,14H,5,8-9,11H2,1-3H3,(H,19,21)/t14-/m0/s1. The normalized spacial score (nSPS) is 17.9. The predicted octanol–water partition coefficient (Wildman–Crippen LogP) is 3.36. The molecular weight excluding hydrogens is 316 g/mol. The molecule has 6 heteroatoms. The molecule has 0 spiro atoms. The van der Waals surface area contributed by atoms with Gasteiger partial charge in [-0.15, -0.1) is 0 Å². The molecule has 1 saturated heterocycles. The monoisotopic (exact) mass is 338 g/mol. The van der Waals surface area contributed by atoms with E-state index in [4.69, 9.17) is 16.3 Å². The summed E-state index contributed by atoms with van der Waals surface area (Å²) in [6.45, 7) is 6.38. The van der Waals surface area contributed by atoms with Crippen molar-refractivity contribution in [1.29, 1.82) is 0 Å². The molecule has 0 radical (unpaired) electrons. The number of likely N-dealkylation sites (tertiary alicyclic amines) is 1. The van der Waals surface area contributed by atoms with E-state index >= 15 is 0 Å². The second-order valence-corrected chi connectivity index (χ2v) is 7.12. The van der Waals surface area contributed by atoms with Crippen molar-refractivity contribution < 1.29 is 14.3 Å². The first-order chi connectivity index (χ1) is 10.8. The van der Waals surface area contributed by atoms with Crippen LogP contribution in [0.15, 0.2) is 24.3 Å². The molecule has 1 N–H and O–H groups in total. The van der Waals surface area contributed by atoms with Gasteiger partial charge in [0.05, 0.1) is 0 Å². The molecule has 2 amide bonds. The van der Waals surface area contributed by atoms with Crippen molar-refractivity contribution in [3.63, 3.8) is 0 Å². The third kappa shape index (κ3) is 5.13. The van der Waals surface area contributed by atoms with Crippen molar-refractivity contribution in [2.75, 3.05) is 6.54 Å². The van der Waals surface area contributed by atoms with Gasteiger partial charge in [0.1, 0.15) is 11.6 Å². The number of carbonyl (C=O) groups is 2. The van der Waals surface area contributed by atoms with Gasteiger partial charge >= 0.3 is 6.09 Å². The average molecular weight is 339 g/mol. The van der Waals surface area contributed by atoms with E-state index in [-0.39, 0.29) is 5.91 Å². The number of rotatable bonds is 3. The Hall–Kier alpha value is -1.75. The zero-order valence-electron chi connectivity index (χ0n) is 13.8. The minimum Gasteiger partial charge on any atom is -0.444 e. The minimum atomic E-state index is -0.568. The Morgan fingerprint density at radius 1 is 1.39 bits per heavy atom. The molecule has 1 fully saturated rings. The van der Waals surface area contributed by atoms with Gasteiger partial charge in [-0.2, -0.15) is 0 Å². The van der Waals surface area contributed by atoms with Crippen LogP contribution in [0, 0.1) is 0 Å². The first-order valence-corrected chi connectivity index (χ1v) is 8.16. The maximum absolute atomic E-state index is 12.4. The second-order valence-electron chi connectivity index (χ2n) is 6.68. The molecule has 0 bridgehead atoms. The lowest BCUT2D eigenvalue weighted by Gasteiger charge is -2.28. The smallest absolute Gasteiger partial charge is 0.410 e. The lowest BCUT2D eigenvalue weighted by molar-refractivity contribution is -0.125. The average Bonchev–Trinajstić information content (AvgIpc) is 2.92. The molecule has 1 atom stereocenters. The van der Waals surface area contributed by atoms with Gasteiger partial charge in [-0.3, -0.25) is 9.69 Å². The first-order valence-electron chi connectivity index (χ1n) is 7.78. The third-order valence-electron chi connectivity index (χ3n) is 3.54. The Balaban J connectivity index is 1.94. The van der Waals surface area contributed by atoms with Gasteiger partial charge in [-0.05, 0) is 51.3 Å². The van der Waals surface area contributed by atoms with Gasteiger partial charge in [0.15, 0.2) is 0 Å². The Morgan fingerprint density at radius 3 is 2.78 bits per heavy atom. The number of hydrogen-bond acceptors (Lipinski definition) is 3. The number of halogens is 1. The van der Waals surface area contributed by atoms with Gasteiger partial charge in [0.2, 0.25) is 5.91 Å². The maximum atomic E-state index is 12.4. The topological polar surface area (TPSA) is 58.6 Å². The summed E-state index contributed by atoms with van der Waals surface area (Å²) in [7, 11) is 0. The zero-order valence-corrected chi connectivity index (χ0v) is 14.5. The summed E-state index contributed by atoms with van der Waals surface area (Å²) in [5.74, 6) is -0.159. The predicted molar refractivity (Wildman–Crippen MR) is 89.3 cm³/mol. The highest BCUT2D eigenvalue weighted by atomic mass is 35.5. The van der Waals surface area contributed by atoms with E-state index in [1.165, 1.54) is 4.90 Å². The molecule has 1 aliphatic heterocycles. The fourth-order valence-electron chi connectivity index (χ4n) is 2.53. The summed E-state index contributed by atoms with van der Waals surface area (Å²) in [6.07, 6.45) is 1.02. The zero-order chi connectivity index (χ0) is 17.0. The Labute approximate surface area is 141 Å². The van der Waals surface area contributed by atoms with Crippen LogP contribution in [0.1, 0.15) is 39.2 Å². The summed E-state index contributed by atoms with van der Waals surface area (Å²) in [5, 5.41) is 3.50. The van der Waals surface area contributed by atoms with Crippen LogP contribution in [-0.4, -0.2) is 35.1 Å². The Morgan fingerprint density at radius 2 is 2.13 bits per heavy atom. The summed E-state index contributed by atoms with van der Waals surface area (Å²) in [4.78, 5) is 26.1. The van der Waals surface area contributed by atoms with Crippen LogP contribution in [0.5, 0.6) is 0 Å². The van der Waals surface area contributed by atoms with Crippen LogP contribution in [0.4, 0.5) is 4.79 Å². The van der Waals surface area contributed by atoms with Crippen molar-refractivity contribution in [3.8, 4) is 0 Å². The number of nitrogens with zero attached hydrogens (tertiary/aromatic N) is 1. The molecule has 1 aromatic carbocycles. The van der Waals surface area contributed by atoms with E-state index in [1.807, 2.05) is 39.0 Å². The van der Waals surface area contributed by atoms with Crippen LogP contribution in [0.2, 0.25) is 5.02 Å². The number of amides is 2. The number of hydrogen-bond donors (Lipinski definition) is 1. The molecule has 0 unspecified atom stereocenters. The van der Waals surface area contributed by atoms with Crippen LogP contribution in [0.25, 0.3) is 0 Å². The van der Waals surface area contributed by atoms with E-state index in [0.717, 1.165) is 12.0 Å². The van der Waals surface area contributed by atoms with Crippen LogP contribution < -0.4 is 5.32 Å². The molecule has 126 valence electrons. The van der Waals surface area contributed by atoms with E-state index in [0.29, 0.717) is 24.5 Å². The third-order valence-corrected chi connectivity index (χ3v) is 3.77. The molecule has 23 heavy (non-hydrogen) atoms. The number of nitrogens with one attached hydrogen (secondary N) is 1. The summed E-state index contributed by atoms with van der Waals surface area (Å²) < 4.78 is 5.37. The fourth-order valence-corrected chi connectivity index (χ4v) is 2.75. The van der Waals surface area contributed by atoms with E-state index < -0.39 is 17.7 Å². The lowest BCUT2D eigenvalue weighted by Crippen LogP contribution is -2.47. The SMILES string of the molecule is CC(C)(C)OC(=O)N1CCC[C@H]1C(=O)NCc1cccc(Cl)c1. The highest BCUT2D eigenvalue weighted by Gasteiger charge is 2.36. The van der Waals surface area contributed by atoms with Gasteiger partial charge < -0.3 is 10.1 Å². The molecule has 0 aliphatic carbocycles. The Kier molecular flexibility index (Phi) is 5.52. The van der Waals surface area contributed by atoms with Gasteiger partial charge in [-0.1, -0.05) is 23.7 Å². The largest absolute Gasteiger partial charge is 0.444 e. The molecule has 0 aromatic heterocycles. The molecule has 0 saturated carbocycles. The number of carbonyl (C=O) groups excluding carboxylic acids is 2. The molecule has 5 nitrogen and oxygen atoms in total. The Bertz CT molecular complexity index is 583. The quantitative estimate of drug-likeness (QED) is 0.919. The molecule has 2 rings (SSSR count). The van der Waals surface area contributed by atoms with Crippen molar-refractivity contribution in [1.82, 2.24) is 10.2 Å². The van der Waals surface area contributed by atoms with Crippen molar-refractivity contribution in [3.05, 3.63) is 34.9 Å². The molecule has 1 aromatic rings. The summed E-state index contributed by atoms with van der Waals surface area (Å²) >= 11 is 5.93. The number of benzene rings is 1. The van der Waals surface area contributed by atoms with Gasteiger partial charge in [0.25, 0.3) is 0 Å². The highest BCUT2D eigenvalue weighted by Crippen LogP contribution is 2.21. The summed E-state index contributed by atoms with van der Waals surface area (Å²) in [5.41, 5.74) is 0.356. The van der Waals surface area contributed by atoms with E-state index in [9.17, 15) is 9.59 Å². The molecule has 1 heterocycles. The van der Waals surface area contributed by atoms with Gasteiger partial charge in [-0.25, -0.2) is 4.79 Å². The van der Waals surface area contributed by atoms with Crippen molar-refractivity contribution in [2.45, 2.75) is 51.8 Å². The fraction of sp³-hybridized carbons (Fsp3) is 0.529. The minimum absolute atomic E-state index is 0.159. The van der Waals surface area contributed by atoms with E-state index in [1.54, 1.807) is 6.07 Å². The number of ether oxygens (including phenoxy) is 1. The molecule has 1 aliphatic rings. The highest BCUT2D eigenvalue weighted by molar-refractivity contribution is 6.30. The first kappa shape index (κ1) is 17.6. The lowest BCUT2D eigenvalue weighted by atomic mass is 10.2. The van der Waals surface area contributed by atoms with Crippen LogP contribution in [-0.2, 0) is 16.1 Å². The van der Waals surface area contributed by atoms with Gasteiger partial charge in [0, 0.05) is 18.1 Å². The van der Waals surface area contributed by atoms with Crippen molar-refractivity contribution in [2.24, 2.45) is 0 Å². The van der Waals surface area contributed by atoms with Crippen LogP contribution >= 0.6 is 11.6 Å². The maximum Gasteiger partial charge on any atom is 0.410 e.